The summed E-state index contributed by atoms with van der Waals surface area (Å²) in [6.07, 6.45) is 2.68. The molecule has 1 aromatic rings. The van der Waals surface area contributed by atoms with E-state index in [1.54, 1.807) is 19.5 Å². The molecular formula is C10H14N3O3S. The number of aromatic nitrogens is 1. The Morgan fingerprint density at radius 3 is 2.65 bits per heavy atom. The second kappa shape index (κ2) is 5.13. The minimum atomic E-state index is -3.38. The summed E-state index contributed by atoms with van der Waals surface area (Å²) in [5, 5.41) is 2.71. The number of carbonyl (C=O) groups is 1. The average molecular weight is 256 g/mol. The van der Waals surface area contributed by atoms with Gasteiger partial charge in [0.15, 0.2) is 14.9 Å². The fourth-order valence-electron chi connectivity index (χ4n) is 1.18. The summed E-state index contributed by atoms with van der Waals surface area (Å²) in [6, 6.07) is 3.04. The molecule has 0 saturated heterocycles. The summed E-state index contributed by atoms with van der Waals surface area (Å²) in [5.74, 6) is -0.0580. The lowest BCUT2D eigenvalue weighted by Crippen LogP contribution is -2.11. The molecule has 17 heavy (non-hydrogen) atoms. The minimum Gasteiger partial charge on any atom is -0.373 e. The van der Waals surface area contributed by atoms with Gasteiger partial charge in [0.25, 0.3) is 0 Å². The van der Waals surface area contributed by atoms with Crippen LogP contribution < -0.4 is 11.1 Å². The van der Waals surface area contributed by atoms with Crippen LogP contribution in [0.25, 0.3) is 0 Å². The Morgan fingerprint density at radius 1 is 1.53 bits per heavy atom. The van der Waals surface area contributed by atoms with E-state index >= 15 is 0 Å². The zero-order valence-electron chi connectivity index (χ0n) is 9.60. The number of nitrogens with one attached hydrogen (secondary N) is 1. The van der Waals surface area contributed by atoms with Crippen molar-refractivity contribution >= 4 is 21.6 Å². The number of anilines is 1. The minimum absolute atomic E-state index is 0.0416. The first kappa shape index (κ1) is 13.4. The summed E-state index contributed by atoms with van der Waals surface area (Å²) in [6.45, 7) is 0. The summed E-state index contributed by atoms with van der Waals surface area (Å²) in [5.41, 5.74) is 5.60. The van der Waals surface area contributed by atoms with Crippen molar-refractivity contribution in [3.8, 4) is 0 Å². The molecule has 1 aromatic heterocycles. The monoisotopic (exact) mass is 256 g/mol. The highest BCUT2D eigenvalue weighted by molar-refractivity contribution is 7.90. The van der Waals surface area contributed by atoms with Crippen LogP contribution in [0.1, 0.15) is 12.0 Å². The lowest BCUT2D eigenvalue weighted by molar-refractivity contribution is -0.117. The maximum atomic E-state index is 11.4. The van der Waals surface area contributed by atoms with Gasteiger partial charge in [-0.15, -0.1) is 0 Å². The third kappa shape index (κ3) is 4.03. The predicted molar refractivity (Wildman–Crippen MR) is 64.1 cm³/mol. The van der Waals surface area contributed by atoms with Gasteiger partial charge in [-0.25, -0.2) is 13.4 Å². The smallest absolute Gasteiger partial charge is 0.218 e. The quantitative estimate of drug-likeness (QED) is 0.769. The molecule has 7 heteroatoms. The largest absolute Gasteiger partial charge is 0.373 e. The van der Waals surface area contributed by atoms with Crippen LogP contribution >= 0.6 is 0 Å². The molecule has 0 aliphatic rings. The molecule has 1 amide bonds. The van der Waals surface area contributed by atoms with Crippen LogP contribution in [0.3, 0.4) is 0 Å². The van der Waals surface area contributed by atoms with Gasteiger partial charge in [-0.3, -0.25) is 4.79 Å². The zero-order chi connectivity index (χ0) is 13.1. The van der Waals surface area contributed by atoms with E-state index in [-0.39, 0.29) is 11.4 Å². The van der Waals surface area contributed by atoms with Crippen LogP contribution in [0.2, 0.25) is 0 Å². The molecule has 0 unspecified atom stereocenters. The summed E-state index contributed by atoms with van der Waals surface area (Å²) in [7, 11) is -1.75. The van der Waals surface area contributed by atoms with Crippen LogP contribution in [0, 0.1) is 6.42 Å². The van der Waals surface area contributed by atoms with Gasteiger partial charge in [0, 0.05) is 26.1 Å². The van der Waals surface area contributed by atoms with Gasteiger partial charge < -0.3 is 11.1 Å². The molecule has 0 spiro atoms. The summed E-state index contributed by atoms with van der Waals surface area (Å²) >= 11 is 0. The SMILES string of the molecule is CNc1cc([CH]CC(N)=O)cc(S(C)(=O)=O)n1. The number of hydrogen-bond acceptors (Lipinski definition) is 5. The second-order valence-corrected chi connectivity index (χ2v) is 5.48. The van der Waals surface area contributed by atoms with Gasteiger partial charge in [0.1, 0.15) is 5.82 Å². The Labute approximate surface area is 100 Å². The summed E-state index contributed by atoms with van der Waals surface area (Å²) in [4.78, 5) is 14.6. The number of pyridine rings is 1. The molecule has 0 aliphatic carbocycles. The number of rotatable bonds is 5. The molecule has 0 fully saturated rings. The van der Waals surface area contributed by atoms with Gasteiger partial charge in [0.05, 0.1) is 0 Å². The third-order valence-corrected chi connectivity index (χ3v) is 2.97. The molecule has 1 heterocycles. The first-order valence-electron chi connectivity index (χ1n) is 4.84. The van der Waals surface area contributed by atoms with E-state index in [4.69, 9.17) is 5.73 Å². The van der Waals surface area contributed by atoms with E-state index in [0.29, 0.717) is 11.4 Å². The van der Waals surface area contributed by atoms with E-state index in [9.17, 15) is 13.2 Å². The average Bonchev–Trinajstić information content (AvgIpc) is 2.24. The Bertz CT molecular complexity index is 526. The van der Waals surface area contributed by atoms with Crippen molar-refractivity contribution in [2.75, 3.05) is 18.6 Å². The van der Waals surface area contributed by atoms with Gasteiger partial charge in [0.2, 0.25) is 5.91 Å². The number of amides is 1. The number of primary amides is 1. The van der Waals surface area contributed by atoms with Crippen molar-refractivity contribution in [2.45, 2.75) is 11.4 Å². The lowest BCUT2D eigenvalue weighted by atomic mass is 10.1. The molecule has 0 bridgehead atoms. The molecule has 0 aromatic carbocycles. The molecule has 3 N–H and O–H groups in total. The third-order valence-electron chi connectivity index (χ3n) is 2.00. The number of hydrogen-bond donors (Lipinski definition) is 2. The Hall–Kier alpha value is -1.63. The molecule has 1 rings (SSSR count). The Kier molecular flexibility index (Phi) is 4.06. The molecule has 0 saturated carbocycles. The Morgan fingerprint density at radius 2 is 2.18 bits per heavy atom. The molecular weight excluding hydrogens is 242 g/mol. The van der Waals surface area contributed by atoms with Gasteiger partial charge >= 0.3 is 0 Å². The van der Waals surface area contributed by atoms with E-state index in [1.807, 2.05) is 0 Å². The number of carbonyl (C=O) groups excluding carboxylic acids is 1. The highest BCUT2D eigenvalue weighted by atomic mass is 32.2. The topological polar surface area (TPSA) is 102 Å². The van der Waals surface area contributed by atoms with Crippen molar-refractivity contribution in [3.63, 3.8) is 0 Å². The number of nitrogens with zero attached hydrogens (tertiary/aromatic N) is 1. The fraction of sp³-hybridized carbons (Fsp3) is 0.300. The van der Waals surface area contributed by atoms with Gasteiger partial charge in [-0.2, -0.15) is 0 Å². The van der Waals surface area contributed by atoms with Crippen LogP contribution in [0.5, 0.6) is 0 Å². The van der Waals surface area contributed by atoms with E-state index < -0.39 is 15.7 Å². The van der Waals surface area contributed by atoms with E-state index in [2.05, 4.69) is 10.3 Å². The number of nitrogens with two attached hydrogens (primary N) is 1. The predicted octanol–water partition coefficient (Wildman–Crippen LogP) is -0.0454. The van der Waals surface area contributed by atoms with Crippen LogP contribution in [-0.2, 0) is 14.6 Å². The lowest BCUT2D eigenvalue weighted by Gasteiger charge is -2.06. The fourth-order valence-corrected chi connectivity index (χ4v) is 1.79. The molecule has 0 aliphatic heterocycles. The molecule has 0 atom stereocenters. The molecule has 1 radical (unpaired) electrons. The summed E-state index contributed by atoms with van der Waals surface area (Å²) < 4.78 is 22.8. The maximum Gasteiger partial charge on any atom is 0.218 e. The number of sulfone groups is 1. The van der Waals surface area contributed by atoms with Crippen LogP contribution in [-0.4, -0.2) is 32.6 Å². The maximum absolute atomic E-state index is 11.4. The standard InChI is InChI=1S/C10H14N3O3S/c1-12-9-5-7(3-4-8(11)14)6-10(13-9)17(2,15)16/h3,5-6H,4H2,1-2H3,(H2,11,14)(H,12,13). The van der Waals surface area contributed by atoms with Crippen LogP contribution in [0.15, 0.2) is 17.2 Å². The van der Waals surface area contributed by atoms with Gasteiger partial charge in [-0.1, -0.05) is 0 Å². The molecule has 93 valence electrons. The molecule has 6 nitrogen and oxygen atoms in total. The van der Waals surface area contributed by atoms with Crippen LogP contribution in [0.4, 0.5) is 5.82 Å². The van der Waals surface area contributed by atoms with Crippen molar-refractivity contribution in [1.29, 1.82) is 0 Å². The Balaban J connectivity index is 3.10. The highest BCUT2D eigenvalue weighted by Crippen LogP contribution is 2.16. The normalized spacial score (nSPS) is 11.2. The second-order valence-electron chi connectivity index (χ2n) is 3.52. The zero-order valence-corrected chi connectivity index (χ0v) is 10.4. The van der Waals surface area contributed by atoms with Gasteiger partial charge in [-0.05, 0) is 17.7 Å². The van der Waals surface area contributed by atoms with Crippen molar-refractivity contribution < 1.29 is 13.2 Å². The first-order chi connectivity index (χ1) is 7.82. The van der Waals surface area contributed by atoms with E-state index in [0.717, 1.165) is 6.26 Å². The van der Waals surface area contributed by atoms with E-state index in [1.165, 1.54) is 6.07 Å². The van der Waals surface area contributed by atoms with Crippen molar-refractivity contribution in [3.05, 3.63) is 24.1 Å². The first-order valence-corrected chi connectivity index (χ1v) is 6.73. The highest BCUT2D eigenvalue weighted by Gasteiger charge is 2.12. The van der Waals surface area contributed by atoms with Crippen molar-refractivity contribution in [1.82, 2.24) is 4.98 Å². The van der Waals surface area contributed by atoms with Crippen molar-refractivity contribution in [2.24, 2.45) is 5.73 Å².